The number of halogens is 1. The zero-order valence-electron chi connectivity index (χ0n) is 11.0. The third kappa shape index (κ3) is 4.20. The number of hydrogen-bond donors (Lipinski definition) is 2. The summed E-state index contributed by atoms with van der Waals surface area (Å²) in [6.45, 7) is 0.649. The summed E-state index contributed by atoms with van der Waals surface area (Å²) in [6.07, 6.45) is 0. The topological polar surface area (TPSA) is 33.3 Å². The molecule has 0 aliphatic carbocycles. The Bertz CT molecular complexity index is 569. The van der Waals surface area contributed by atoms with E-state index in [1.165, 1.54) is 12.1 Å². The van der Waals surface area contributed by atoms with Crippen LogP contribution in [0.2, 0.25) is 0 Å². The number of rotatable bonds is 4. The Hall–Kier alpha value is -2.14. The van der Waals surface area contributed by atoms with Crippen molar-refractivity contribution < 1.29 is 9.13 Å². The van der Waals surface area contributed by atoms with Gasteiger partial charge in [-0.1, -0.05) is 12.1 Å². The molecule has 20 heavy (non-hydrogen) atoms. The summed E-state index contributed by atoms with van der Waals surface area (Å²) in [7, 11) is 1.77. The molecule has 0 spiro atoms. The van der Waals surface area contributed by atoms with E-state index >= 15 is 0 Å². The first-order valence-electron chi connectivity index (χ1n) is 6.15. The third-order valence-corrected chi connectivity index (χ3v) is 3.00. The highest BCUT2D eigenvalue weighted by molar-refractivity contribution is 7.80. The molecule has 0 saturated heterocycles. The summed E-state index contributed by atoms with van der Waals surface area (Å²) >= 11 is 5.00. The van der Waals surface area contributed by atoms with Crippen LogP contribution in [0.5, 0.6) is 11.5 Å². The first-order valence-corrected chi connectivity index (χ1v) is 6.56. The molecule has 2 aromatic carbocycles. The van der Waals surface area contributed by atoms with Crippen molar-refractivity contribution in [1.82, 2.24) is 10.6 Å². The minimum Gasteiger partial charge on any atom is -0.457 e. The van der Waals surface area contributed by atoms with Gasteiger partial charge in [-0.3, -0.25) is 0 Å². The molecule has 0 aliphatic rings. The number of benzene rings is 2. The van der Waals surface area contributed by atoms with E-state index in [0.29, 0.717) is 23.2 Å². The largest absolute Gasteiger partial charge is 0.457 e. The van der Waals surface area contributed by atoms with Crippen LogP contribution in [0.15, 0.2) is 48.5 Å². The molecule has 3 nitrogen and oxygen atoms in total. The van der Waals surface area contributed by atoms with Gasteiger partial charge in [0.1, 0.15) is 17.3 Å². The highest BCUT2D eigenvalue weighted by Crippen LogP contribution is 2.21. The normalized spacial score (nSPS) is 9.90. The second-order valence-corrected chi connectivity index (χ2v) is 4.54. The highest BCUT2D eigenvalue weighted by atomic mass is 32.1. The minimum absolute atomic E-state index is 0.278. The predicted octanol–water partition coefficient (Wildman–Crippen LogP) is 3.21. The van der Waals surface area contributed by atoms with Crippen molar-refractivity contribution in [2.75, 3.05) is 7.05 Å². The number of hydrogen-bond acceptors (Lipinski definition) is 2. The van der Waals surface area contributed by atoms with Gasteiger partial charge in [-0.2, -0.15) is 0 Å². The monoisotopic (exact) mass is 290 g/mol. The maximum absolute atomic E-state index is 12.8. The molecule has 0 radical (unpaired) electrons. The van der Waals surface area contributed by atoms with E-state index < -0.39 is 0 Å². The van der Waals surface area contributed by atoms with Crippen LogP contribution < -0.4 is 15.4 Å². The summed E-state index contributed by atoms with van der Waals surface area (Å²) in [5.74, 6) is 1.03. The zero-order valence-corrected chi connectivity index (χ0v) is 11.8. The van der Waals surface area contributed by atoms with Gasteiger partial charge in [-0.05, 0) is 54.2 Å². The smallest absolute Gasteiger partial charge is 0.166 e. The van der Waals surface area contributed by atoms with Gasteiger partial charge in [0.25, 0.3) is 0 Å². The Labute approximate surface area is 122 Å². The van der Waals surface area contributed by atoms with Crippen LogP contribution in [0.4, 0.5) is 4.39 Å². The Morgan fingerprint density at radius 1 is 1.05 bits per heavy atom. The molecule has 0 saturated carbocycles. The molecule has 0 unspecified atom stereocenters. The number of nitrogens with one attached hydrogen (secondary N) is 2. The molecule has 5 heteroatoms. The fourth-order valence-corrected chi connectivity index (χ4v) is 1.66. The lowest BCUT2D eigenvalue weighted by molar-refractivity contribution is 0.480. The van der Waals surface area contributed by atoms with E-state index in [-0.39, 0.29) is 5.82 Å². The lowest BCUT2D eigenvalue weighted by atomic mass is 10.2. The van der Waals surface area contributed by atoms with Crippen LogP contribution in [0, 0.1) is 5.82 Å². The summed E-state index contributed by atoms with van der Waals surface area (Å²) in [5, 5.41) is 6.52. The first kappa shape index (κ1) is 14.3. The quantitative estimate of drug-likeness (QED) is 0.847. The number of ether oxygens (including phenoxy) is 1. The first-order chi connectivity index (χ1) is 9.67. The fourth-order valence-electron chi connectivity index (χ4n) is 1.58. The SMILES string of the molecule is CNC(=S)NCc1ccc(Oc2ccc(F)cc2)cc1. The summed E-state index contributed by atoms with van der Waals surface area (Å²) in [6, 6.07) is 13.5. The van der Waals surface area contributed by atoms with Gasteiger partial charge in [-0.25, -0.2) is 4.39 Å². The molecule has 0 aliphatic heterocycles. The maximum atomic E-state index is 12.8. The van der Waals surface area contributed by atoms with Crippen molar-refractivity contribution in [3.63, 3.8) is 0 Å². The molecule has 2 rings (SSSR count). The second kappa shape index (κ2) is 6.86. The Balaban J connectivity index is 1.94. The Morgan fingerprint density at radius 3 is 2.15 bits per heavy atom. The van der Waals surface area contributed by atoms with Crippen molar-refractivity contribution in [3.05, 3.63) is 59.9 Å². The van der Waals surface area contributed by atoms with Gasteiger partial charge in [0.05, 0.1) is 0 Å². The molecule has 0 amide bonds. The van der Waals surface area contributed by atoms with Crippen molar-refractivity contribution >= 4 is 17.3 Å². The van der Waals surface area contributed by atoms with Crippen LogP contribution in [0.25, 0.3) is 0 Å². The van der Waals surface area contributed by atoms with Crippen molar-refractivity contribution in [3.8, 4) is 11.5 Å². The number of thiocarbonyl (C=S) groups is 1. The molecule has 2 N–H and O–H groups in total. The van der Waals surface area contributed by atoms with Crippen LogP contribution in [0.3, 0.4) is 0 Å². The third-order valence-electron chi connectivity index (χ3n) is 2.65. The average Bonchev–Trinajstić information content (AvgIpc) is 2.48. The summed E-state index contributed by atoms with van der Waals surface area (Å²) < 4.78 is 18.4. The van der Waals surface area contributed by atoms with Gasteiger partial charge in [0.2, 0.25) is 0 Å². The van der Waals surface area contributed by atoms with Gasteiger partial charge in [0.15, 0.2) is 5.11 Å². The molecule has 0 atom stereocenters. The molecule has 2 aromatic rings. The van der Waals surface area contributed by atoms with Crippen LogP contribution in [0.1, 0.15) is 5.56 Å². The fraction of sp³-hybridized carbons (Fsp3) is 0.133. The van der Waals surface area contributed by atoms with E-state index in [1.807, 2.05) is 24.3 Å². The van der Waals surface area contributed by atoms with Gasteiger partial charge >= 0.3 is 0 Å². The molecular formula is C15H15FN2OS. The molecular weight excluding hydrogens is 275 g/mol. The summed E-state index contributed by atoms with van der Waals surface area (Å²) in [5.41, 5.74) is 1.09. The van der Waals surface area contributed by atoms with Crippen molar-refractivity contribution in [2.45, 2.75) is 6.54 Å². The van der Waals surface area contributed by atoms with E-state index in [2.05, 4.69) is 10.6 Å². The van der Waals surface area contributed by atoms with E-state index in [9.17, 15) is 4.39 Å². The molecule has 0 fully saturated rings. The van der Waals surface area contributed by atoms with Crippen LogP contribution in [-0.2, 0) is 6.54 Å². The Kier molecular flexibility index (Phi) is 4.90. The zero-order chi connectivity index (χ0) is 14.4. The maximum Gasteiger partial charge on any atom is 0.166 e. The van der Waals surface area contributed by atoms with E-state index in [4.69, 9.17) is 17.0 Å². The molecule has 0 bridgehead atoms. The Morgan fingerprint density at radius 2 is 1.60 bits per heavy atom. The average molecular weight is 290 g/mol. The van der Waals surface area contributed by atoms with Gasteiger partial charge < -0.3 is 15.4 Å². The summed E-state index contributed by atoms with van der Waals surface area (Å²) in [4.78, 5) is 0. The van der Waals surface area contributed by atoms with Gasteiger partial charge in [-0.15, -0.1) is 0 Å². The van der Waals surface area contributed by atoms with Crippen molar-refractivity contribution in [2.24, 2.45) is 0 Å². The van der Waals surface area contributed by atoms with Crippen LogP contribution in [-0.4, -0.2) is 12.2 Å². The lowest BCUT2D eigenvalue weighted by Gasteiger charge is -2.09. The molecule has 0 heterocycles. The minimum atomic E-state index is -0.278. The predicted molar refractivity (Wildman–Crippen MR) is 81.4 cm³/mol. The lowest BCUT2D eigenvalue weighted by Crippen LogP contribution is -2.31. The van der Waals surface area contributed by atoms with Gasteiger partial charge in [0, 0.05) is 13.6 Å². The van der Waals surface area contributed by atoms with E-state index in [0.717, 1.165) is 5.56 Å². The van der Waals surface area contributed by atoms with Crippen LogP contribution >= 0.6 is 12.2 Å². The molecule has 104 valence electrons. The second-order valence-electron chi connectivity index (χ2n) is 4.13. The highest BCUT2D eigenvalue weighted by Gasteiger charge is 1.99. The van der Waals surface area contributed by atoms with Crippen molar-refractivity contribution in [1.29, 1.82) is 0 Å². The standard InChI is InChI=1S/C15H15FN2OS/c1-17-15(20)18-10-11-2-6-13(7-3-11)19-14-8-4-12(16)5-9-14/h2-9H,10H2,1H3,(H2,17,18,20). The molecule has 0 aromatic heterocycles. The van der Waals surface area contributed by atoms with E-state index in [1.54, 1.807) is 19.2 Å².